The fraction of sp³-hybridized carbons (Fsp3) is 0.231. The van der Waals surface area contributed by atoms with Gasteiger partial charge in [-0.2, -0.15) is 0 Å². The van der Waals surface area contributed by atoms with Gasteiger partial charge in [0.05, 0.1) is 0 Å². The lowest BCUT2D eigenvalue weighted by Crippen LogP contribution is -2.43. The van der Waals surface area contributed by atoms with Crippen LogP contribution >= 0.6 is 0 Å². The number of anilines is 1. The minimum Gasteiger partial charge on any atom is -0.351 e. The van der Waals surface area contributed by atoms with Crippen LogP contribution in [0.5, 0.6) is 0 Å². The molecule has 0 aliphatic carbocycles. The molecule has 0 unspecified atom stereocenters. The van der Waals surface area contributed by atoms with E-state index in [-0.39, 0.29) is 6.54 Å². The first-order valence-electron chi connectivity index (χ1n) is 6.19. The van der Waals surface area contributed by atoms with Crippen LogP contribution in [0, 0.1) is 0 Å². The maximum absolute atomic E-state index is 12.0. The molecule has 112 valence electrons. The van der Waals surface area contributed by atoms with E-state index in [9.17, 15) is 19.2 Å². The topological polar surface area (TPSA) is 122 Å². The highest BCUT2D eigenvalue weighted by atomic mass is 16.2. The quantitative estimate of drug-likeness (QED) is 0.705. The maximum atomic E-state index is 12.0. The van der Waals surface area contributed by atoms with Gasteiger partial charge in [-0.3, -0.25) is 19.8 Å². The molecular formula is C13H16N4O4. The van der Waals surface area contributed by atoms with E-state index in [1.54, 1.807) is 42.6 Å². The van der Waals surface area contributed by atoms with Gasteiger partial charge < -0.3 is 11.1 Å². The summed E-state index contributed by atoms with van der Waals surface area (Å²) < 4.78 is 0. The highest BCUT2D eigenvalue weighted by molar-refractivity contribution is 6.09. The number of rotatable bonds is 4. The number of nitrogens with one attached hydrogen (secondary N) is 2. The van der Waals surface area contributed by atoms with Gasteiger partial charge >= 0.3 is 12.1 Å². The largest absolute Gasteiger partial charge is 0.351 e. The van der Waals surface area contributed by atoms with Crippen molar-refractivity contribution in [1.29, 1.82) is 0 Å². The summed E-state index contributed by atoms with van der Waals surface area (Å²) in [5.74, 6) is -1.59. The van der Waals surface area contributed by atoms with Gasteiger partial charge in [-0.1, -0.05) is 18.2 Å². The molecule has 0 heterocycles. The van der Waals surface area contributed by atoms with Crippen molar-refractivity contribution in [3.8, 4) is 0 Å². The Labute approximate surface area is 121 Å². The second-order valence-electron chi connectivity index (χ2n) is 4.02. The summed E-state index contributed by atoms with van der Waals surface area (Å²) in [6.45, 7) is 1.68. The number of urea groups is 2. The van der Waals surface area contributed by atoms with Crippen molar-refractivity contribution in [3.05, 3.63) is 30.3 Å². The Balaban J connectivity index is 2.64. The summed E-state index contributed by atoms with van der Waals surface area (Å²) in [7, 11) is 0. The normalized spacial score (nSPS) is 9.57. The molecule has 0 bridgehead atoms. The van der Waals surface area contributed by atoms with Gasteiger partial charge in [0.2, 0.25) is 11.8 Å². The lowest BCUT2D eigenvalue weighted by Gasteiger charge is -2.19. The number of benzene rings is 1. The van der Waals surface area contributed by atoms with Crippen LogP contribution in [0.25, 0.3) is 0 Å². The van der Waals surface area contributed by atoms with Crippen LogP contribution in [0.4, 0.5) is 15.3 Å². The van der Waals surface area contributed by atoms with Crippen molar-refractivity contribution < 1.29 is 19.2 Å². The standard InChI is InChI=1S/C13H16N4O4/c1-2-17(11(19)8-10(18)16-12(14)20)13(21)15-9-6-4-3-5-7-9/h3-7H,2,8H2,1H3,(H,15,21)(H3,14,16,18,20). The van der Waals surface area contributed by atoms with Gasteiger partial charge in [0, 0.05) is 12.2 Å². The molecule has 0 spiro atoms. The van der Waals surface area contributed by atoms with Gasteiger partial charge in [-0.25, -0.2) is 9.59 Å². The molecule has 8 nitrogen and oxygen atoms in total. The van der Waals surface area contributed by atoms with Crippen molar-refractivity contribution >= 4 is 29.6 Å². The van der Waals surface area contributed by atoms with Gasteiger partial charge in [0.1, 0.15) is 6.42 Å². The summed E-state index contributed by atoms with van der Waals surface area (Å²) in [6.07, 6.45) is -0.640. The number of para-hydroxylation sites is 1. The SMILES string of the molecule is CCN(C(=O)CC(=O)NC(N)=O)C(=O)Nc1ccccc1. The van der Waals surface area contributed by atoms with Crippen LogP contribution in [0.15, 0.2) is 30.3 Å². The number of hydrogen-bond donors (Lipinski definition) is 3. The monoisotopic (exact) mass is 292 g/mol. The predicted octanol–water partition coefficient (Wildman–Crippen LogP) is 0.652. The van der Waals surface area contributed by atoms with Gasteiger partial charge in [-0.05, 0) is 19.1 Å². The minimum atomic E-state index is -1.05. The zero-order valence-electron chi connectivity index (χ0n) is 11.5. The molecule has 8 heteroatoms. The van der Waals surface area contributed by atoms with Crippen molar-refractivity contribution in [2.45, 2.75) is 13.3 Å². The van der Waals surface area contributed by atoms with Gasteiger partial charge in [0.25, 0.3) is 0 Å². The molecule has 0 aliphatic heterocycles. The molecule has 0 saturated carbocycles. The third kappa shape index (κ3) is 5.31. The fourth-order valence-corrected chi connectivity index (χ4v) is 1.56. The number of hydrogen-bond acceptors (Lipinski definition) is 4. The first-order chi connectivity index (χ1) is 9.93. The molecule has 0 fully saturated rings. The Bertz CT molecular complexity index is 544. The van der Waals surface area contributed by atoms with E-state index < -0.39 is 30.3 Å². The molecule has 1 rings (SSSR count). The Morgan fingerprint density at radius 1 is 1.14 bits per heavy atom. The number of nitrogens with two attached hydrogens (primary N) is 1. The Hall–Kier alpha value is -2.90. The van der Waals surface area contributed by atoms with Gasteiger partial charge in [0.15, 0.2) is 0 Å². The first kappa shape index (κ1) is 16.2. The molecule has 21 heavy (non-hydrogen) atoms. The Morgan fingerprint density at radius 2 is 1.76 bits per heavy atom. The fourth-order valence-electron chi connectivity index (χ4n) is 1.56. The van der Waals surface area contributed by atoms with E-state index >= 15 is 0 Å². The Kier molecular flexibility index (Phi) is 5.87. The molecular weight excluding hydrogens is 276 g/mol. The number of amides is 6. The van der Waals surface area contributed by atoms with Gasteiger partial charge in [-0.15, -0.1) is 0 Å². The zero-order chi connectivity index (χ0) is 15.8. The zero-order valence-corrected chi connectivity index (χ0v) is 11.5. The highest BCUT2D eigenvalue weighted by Crippen LogP contribution is 2.07. The summed E-state index contributed by atoms with van der Waals surface area (Å²) in [4.78, 5) is 46.4. The molecule has 0 aromatic heterocycles. The highest BCUT2D eigenvalue weighted by Gasteiger charge is 2.22. The van der Waals surface area contributed by atoms with E-state index in [2.05, 4.69) is 5.32 Å². The lowest BCUT2D eigenvalue weighted by atomic mass is 10.3. The van der Waals surface area contributed by atoms with E-state index in [0.717, 1.165) is 4.90 Å². The summed E-state index contributed by atoms with van der Waals surface area (Å²) in [5.41, 5.74) is 5.29. The van der Waals surface area contributed by atoms with E-state index in [1.807, 2.05) is 0 Å². The average Bonchev–Trinajstić information content (AvgIpc) is 2.39. The lowest BCUT2D eigenvalue weighted by molar-refractivity contribution is -0.133. The molecule has 0 aliphatic rings. The van der Waals surface area contributed by atoms with E-state index in [4.69, 9.17) is 5.73 Å². The minimum absolute atomic E-state index is 0.0847. The molecule has 0 atom stereocenters. The summed E-state index contributed by atoms with van der Waals surface area (Å²) >= 11 is 0. The number of imide groups is 2. The van der Waals surface area contributed by atoms with Crippen LogP contribution in [-0.4, -0.2) is 35.3 Å². The van der Waals surface area contributed by atoms with Crippen LogP contribution in [0.1, 0.15) is 13.3 Å². The molecule has 4 N–H and O–H groups in total. The first-order valence-corrected chi connectivity index (χ1v) is 6.19. The van der Waals surface area contributed by atoms with Crippen molar-refractivity contribution in [2.75, 3.05) is 11.9 Å². The predicted molar refractivity (Wildman–Crippen MR) is 75.2 cm³/mol. The molecule has 6 amide bonds. The van der Waals surface area contributed by atoms with Crippen LogP contribution in [0.2, 0.25) is 0 Å². The van der Waals surface area contributed by atoms with Crippen molar-refractivity contribution in [1.82, 2.24) is 10.2 Å². The smallest absolute Gasteiger partial charge is 0.328 e. The molecule has 1 aromatic carbocycles. The number of nitrogens with zero attached hydrogens (tertiary/aromatic N) is 1. The molecule has 1 aromatic rings. The second-order valence-corrected chi connectivity index (χ2v) is 4.02. The number of carbonyl (C=O) groups excluding carboxylic acids is 4. The second kappa shape index (κ2) is 7.63. The summed E-state index contributed by atoms with van der Waals surface area (Å²) in [6, 6.07) is 6.87. The third-order valence-electron chi connectivity index (χ3n) is 2.46. The van der Waals surface area contributed by atoms with Crippen LogP contribution < -0.4 is 16.4 Å². The molecule has 0 saturated heterocycles. The van der Waals surface area contributed by atoms with Crippen molar-refractivity contribution in [3.63, 3.8) is 0 Å². The summed E-state index contributed by atoms with van der Waals surface area (Å²) in [5, 5.41) is 4.29. The third-order valence-corrected chi connectivity index (χ3v) is 2.46. The molecule has 0 radical (unpaired) electrons. The number of primary amides is 1. The maximum Gasteiger partial charge on any atom is 0.328 e. The van der Waals surface area contributed by atoms with Crippen LogP contribution in [-0.2, 0) is 9.59 Å². The average molecular weight is 292 g/mol. The van der Waals surface area contributed by atoms with E-state index in [1.165, 1.54) is 0 Å². The Morgan fingerprint density at radius 3 is 2.29 bits per heavy atom. The van der Waals surface area contributed by atoms with Crippen LogP contribution in [0.3, 0.4) is 0 Å². The van der Waals surface area contributed by atoms with Crippen molar-refractivity contribution in [2.24, 2.45) is 5.73 Å². The number of carbonyl (C=O) groups is 4. The van der Waals surface area contributed by atoms with E-state index in [0.29, 0.717) is 5.69 Å².